The van der Waals surface area contributed by atoms with Crippen LogP contribution in [0.5, 0.6) is 0 Å². The van der Waals surface area contributed by atoms with Crippen molar-refractivity contribution in [1.29, 1.82) is 0 Å². The number of benzene rings is 1. The highest BCUT2D eigenvalue weighted by Crippen LogP contribution is 2.48. The Labute approximate surface area is 263 Å². The Balaban J connectivity index is 0.000000147. The van der Waals surface area contributed by atoms with Gasteiger partial charge in [0, 0.05) is 43.4 Å². The number of hydrogen-bond donors (Lipinski definition) is 3. The topological polar surface area (TPSA) is 115 Å². The summed E-state index contributed by atoms with van der Waals surface area (Å²) in [6.07, 6.45) is 7.65. The zero-order valence-corrected chi connectivity index (χ0v) is 27.5. The Bertz CT molecular complexity index is 1040. The first kappa shape index (κ1) is 33.7. The number of likely N-dealkylation sites (N-methyl/N-ethyl adjacent to an activating group) is 2. The predicted octanol–water partition coefficient (Wildman–Crippen LogP) is 1.75. The summed E-state index contributed by atoms with van der Waals surface area (Å²) >= 11 is 0. The number of hydrogen-bond acceptors (Lipinski definition) is 9. The number of rotatable bonds is 6. The first-order valence-electron chi connectivity index (χ1n) is 16.6. The van der Waals surface area contributed by atoms with E-state index in [0.717, 1.165) is 48.7 Å². The maximum Gasteiger partial charge on any atom is 0.316 e. The maximum atomic E-state index is 12.4. The second kappa shape index (κ2) is 14.0. The van der Waals surface area contributed by atoms with Crippen LogP contribution in [0.1, 0.15) is 63.4 Å². The third-order valence-corrected chi connectivity index (χ3v) is 10.6. The van der Waals surface area contributed by atoms with E-state index in [1.807, 2.05) is 37.3 Å². The quantitative estimate of drug-likeness (QED) is 0.249. The molecule has 0 amide bonds. The average Bonchev–Trinajstić information content (AvgIpc) is 3.61. The van der Waals surface area contributed by atoms with E-state index in [4.69, 9.17) is 14.2 Å². The van der Waals surface area contributed by atoms with E-state index in [1.54, 1.807) is 0 Å². The van der Waals surface area contributed by atoms with Crippen molar-refractivity contribution in [3.05, 3.63) is 35.9 Å². The van der Waals surface area contributed by atoms with Crippen LogP contribution in [0.3, 0.4) is 0 Å². The molecule has 7 rings (SSSR count). The third-order valence-electron chi connectivity index (χ3n) is 10.6. The number of morpholine rings is 1. The molecule has 1 aromatic rings. The molecule has 0 radical (unpaired) electrons. The zero-order chi connectivity index (χ0) is 31.8. The van der Waals surface area contributed by atoms with Gasteiger partial charge in [-0.3, -0.25) is 9.69 Å². The number of fused-ring (bicyclic) bond motifs is 7. The lowest BCUT2D eigenvalue weighted by Crippen LogP contribution is -2.48. The fraction of sp³-hybridized carbons (Fsp3) is 0.794. The monoisotopic (exact) mass is 618 g/mol. The highest BCUT2D eigenvalue weighted by molar-refractivity contribution is 5.78. The van der Waals surface area contributed by atoms with Gasteiger partial charge in [-0.15, -0.1) is 0 Å². The van der Waals surface area contributed by atoms with Crippen LogP contribution in [0.2, 0.25) is 0 Å². The van der Waals surface area contributed by atoms with Gasteiger partial charge < -0.3 is 38.9 Å². The molecule has 1 aromatic carbocycles. The fourth-order valence-electron chi connectivity index (χ4n) is 8.07. The SMILES string of the molecule is CN1[C@@H]2CC[C@H]1C[C@@H](O)C2.CN1[C@@H]2C[C@@H](OC(=O)[C@H](CO)c3ccccc3)C[C@H]1[C@@H]1O[C@@H]12.C[C@@H]1O[C@H](C[N+](C)(C)C)C[C@H]1O. The summed E-state index contributed by atoms with van der Waals surface area (Å²) in [6, 6.07) is 11.4. The summed E-state index contributed by atoms with van der Waals surface area (Å²) in [7, 11) is 10.7. The summed E-state index contributed by atoms with van der Waals surface area (Å²) in [6.45, 7) is 2.68. The van der Waals surface area contributed by atoms with E-state index in [-0.39, 0.29) is 43.1 Å². The van der Waals surface area contributed by atoms with E-state index in [9.17, 15) is 20.1 Å². The molecule has 0 spiro atoms. The normalized spacial score (nSPS) is 39.8. The Morgan fingerprint density at radius 2 is 1.52 bits per heavy atom. The van der Waals surface area contributed by atoms with E-state index in [0.29, 0.717) is 36.4 Å². The molecule has 44 heavy (non-hydrogen) atoms. The molecule has 12 atom stereocenters. The van der Waals surface area contributed by atoms with Gasteiger partial charge >= 0.3 is 5.97 Å². The molecule has 6 fully saturated rings. The molecule has 6 aliphatic heterocycles. The molecule has 248 valence electrons. The van der Waals surface area contributed by atoms with Gasteiger partial charge in [-0.1, -0.05) is 30.3 Å². The summed E-state index contributed by atoms with van der Waals surface area (Å²) < 4.78 is 17.9. The van der Waals surface area contributed by atoms with E-state index >= 15 is 0 Å². The first-order valence-corrected chi connectivity index (χ1v) is 16.6. The number of piperidine rings is 2. The van der Waals surface area contributed by atoms with Crippen LogP contribution in [-0.4, -0.2) is 151 Å². The van der Waals surface area contributed by atoms with Crippen LogP contribution in [-0.2, 0) is 19.0 Å². The molecule has 0 aromatic heterocycles. The lowest BCUT2D eigenvalue weighted by Gasteiger charge is -2.38. The highest BCUT2D eigenvalue weighted by Gasteiger charge is 2.62. The molecule has 0 saturated carbocycles. The van der Waals surface area contributed by atoms with Gasteiger partial charge in [0.05, 0.1) is 46.1 Å². The van der Waals surface area contributed by atoms with Crippen LogP contribution >= 0.6 is 0 Å². The second-order valence-corrected chi connectivity index (χ2v) is 15.0. The molecule has 6 saturated heterocycles. The summed E-state index contributed by atoms with van der Waals surface area (Å²) in [4.78, 5) is 17.2. The Kier molecular flexibility index (Phi) is 10.7. The fourth-order valence-corrected chi connectivity index (χ4v) is 8.07. The van der Waals surface area contributed by atoms with Crippen molar-refractivity contribution in [2.24, 2.45) is 0 Å². The second-order valence-electron chi connectivity index (χ2n) is 15.0. The van der Waals surface area contributed by atoms with Crippen LogP contribution in [0, 0.1) is 0 Å². The van der Waals surface area contributed by atoms with Gasteiger partial charge in [0.2, 0.25) is 0 Å². The van der Waals surface area contributed by atoms with Crippen molar-refractivity contribution >= 4 is 5.97 Å². The average molecular weight is 619 g/mol. The van der Waals surface area contributed by atoms with Gasteiger partial charge in [0.15, 0.2) is 0 Å². The van der Waals surface area contributed by atoms with Gasteiger partial charge in [-0.2, -0.15) is 0 Å². The summed E-state index contributed by atoms with van der Waals surface area (Å²) in [5, 5.41) is 28.4. The lowest BCUT2D eigenvalue weighted by molar-refractivity contribution is -0.873. The number of carbonyl (C=O) groups excluding carboxylic acids is 1. The summed E-state index contributed by atoms with van der Waals surface area (Å²) in [5.74, 6) is -0.915. The molecule has 4 bridgehead atoms. The molecule has 10 nitrogen and oxygen atoms in total. The summed E-state index contributed by atoms with van der Waals surface area (Å²) in [5.41, 5.74) is 0.803. The lowest BCUT2D eigenvalue weighted by atomic mass is 9.97. The van der Waals surface area contributed by atoms with Crippen molar-refractivity contribution in [3.63, 3.8) is 0 Å². The highest BCUT2D eigenvalue weighted by atomic mass is 16.6. The van der Waals surface area contributed by atoms with Gasteiger partial charge in [-0.25, -0.2) is 0 Å². The van der Waals surface area contributed by atoms with Crippen molar-refractivity contribution in [1.82, 2.24) is 9.80 Å². The molecule has 0 unspecified atom stereocenters. The minimum absolute atomic E-state index is 0.00583. The maximum absolute atomic E-state index is 12.4. The minimum Gasteiger partial charge on any atom is -0.462 e. The molecule has 6 heterocycles. The largest absolute Gasteiger partial charge is 0.462 e. The molecule has 10 heteroatoms. The number of carbonyl (C=O) groups is 1. The van der Waals surface area contributed by atoms with Crippen molar-refractivity contribution < 1.29 is 38.8 Å². The Morgan fingerprint density at radius 1 is 0.932 bits per heavy atom. The molecular weight excluding hydrogens is 562 g/mol. The van der Waals surface area contributed by atoms with E-state index in [1.165, 1.54) is 12.8 Å². The van der Waals surface area contributed by atoms with Crippen LogP contribution in [0.4, 0.5) is 0 Å². The molecule has 3 N–H and O–H groups in total. The number of epoxide rings is 1. The number of aliphatic hydroxyl groups is 3. The molecular formula is C34H56N3O7+. The Hall–Kier alpha value is -1.63. The molecule has 6 aliphatic rings. The number of nitrogens with zero attached hydrogens (tertiary/aromatic N) is 3. The van der Waals surface area contributed by atoms with Crippen LogP contribution in [0.25, 0.3) is 0 Å². The van der Waals surface area contributed by atoms with Gasteiger partial charge in [-0.05, 0) is 52.3 Å². The third kappa shape index (κ3) is 8.01. The smallest absolute Gasteiger partial charge is 0.316 e. The molecule has 0 aliphatic carbocycles. The van der Waals surface area contributed by atoms with Crippen molar-refractivity contribution in [2.75, 3.05) is 48.4 Å². The van der Waals surface area contributed by atoms with Crippen LogP contribution in [0.15, 0.2) is 30.3 Å². The zero-order valence-electron chi connectivity index (χ0n) is 27.5. The van der Waals surface area contributed by atoms with E-state index in [2.05, 4.69) is 45.0 Å². The van der Waals surface area contributed by atoms with Gasteiger partial charge in [0.25, 0.3) is 0 Å². The number of quaternary nitrogens is 1. The standard InChI is InChI=1S/C17H21NO4.C9H20NO2.C8H15NO/c1-18-13-7-11(8-14(18)16-15(13)22-16)21-17(20)12(9-19)10-5-3-2-4-6-10;1-7-9(11)5-8(12-7)6-10(2,3)4;1-9-6-2-3-7(9)5-8(10)4-6/h2-6,11-16,19H,7-9H2,1H3;7-9,11H,5-6H2,1-4H3;6-8,10H,2-5H2,1H3/q;+1;/t11-,12-,13-,14+,15-,16+;7-,8-,9+;6-,7+,8+/m10./s1. The Morgan fingerprint density at radius 3 is 2.02 bits per heavy atom. The predicted molar refractivity (Wildman–Crippen MR) is 167 cm³/mol. The van der Waals surface area contributed by atoms with Gasteiger partial charge in [0.1, 0.15) is 36.9 Å². The number of esters is 1. The number of ether oxygens (including phenoxy) is 3. The van der Waals surface area contributed by atoms with Crippen molar-refractivity contribution in [2.45, 2.75) is 125 Å². The first-order chi connectivity index (χ1) is 20.8. The number of aliphatic hydroxyl groups excluding tert-OH is 3. The minimum atomic E-state index is -0.593. The van der Waals surface area contributed by atoms with Crippen LogP contribution < -0.4 is 0 Å². The van der Waals surface area contributed by atoms with E-state index < -0.39 is 5.92 Å². The van der Waals surface area contributed by atoms with Crippen molar-refractivity contribution in [3.8, 4) is 0 Å².